The first-order valence-corrected chi connectivity index (χ1v) is 5.41. The van der Waals surface area contributed by atoms with Gasteiger partial charge in [-0.1, -0.05) is 6.07 Å². The van der Waals surface area contributed by atoms with Gasteiger partial charge in [0.05, 0.1) is 12.6 Å². The van der Waals surface area contributed by atoms with E-state index in [0.29, 0.717) is 6.54 Å². The molecule has 1 fully saturated rings. The molecule has 0 aliphatic carbocycles. The largest absolute Gasteiger partial charge is 0.329 e. The number of pyridine rings is 1. The Morgan fingerprint density at radius 2 is 2.47 bits per heavy atom. The lowest BCUT2D eigenvalue weighted by molar-refractivity contribution is -0.206. The van der Waals surface area contributed by atoms with Crippen molar-refractivity contribution in [3.8, 4) is 0 Å². The van der Waals surface area contributed by atoms with Gasteiger partial charge >= 0.3 is 0 Å². The standard InChI is InChI=1S/C11H17N3O/c12-8-11(10-4-3-5-13-9-10)14-6-1-2-7-15-14/h3-5,9,11H,1-2,6-8,12H2. The molecule has 2 heterocycles. The third-order valence-electron chi connectivity index (χ3n) is 2.67. The van der Waals surface area contributed by atoms with Gasteiger partial charge in [0.1, 0.15) is 0 Å². The second-order valence-corrected chi connectivity index (χ2v) is 3.72. The van der Waals surface area contributed by atoms with Crippen LogP contribution in [0.3, 0.4) is 0 Å². The number of hydroxylamine groups is 2. The average molecular weight is 207 g/mol. The van der Waals surface area contributed by atoms with E-state index in [1.807, 2.05) is 23.4 Å². The van der Waals surface area contributed by atoms with Gasteiger partial charge in [0.25, 0.3) is 0 Å². The van der Waals surface area contributed by atoms with E-state index in [1.54, 1.807) is 6.20 Å². The van der Waals surface area contributed by atoms with Crippen LogP contribution in [-0.2, 0) is 4.84 Å². The third-order valence-corrected chi connectivity index (χ3v) is 2.67. The van der Waals surface area contributed by atoms with Crippen LogP contribution in [0.15, 0.2) is 24.5 Å². The van der Waals surface area contributed by atoms with Crippen molar-refractivity contribution in [2.45, 2.75) is 18.9 Å². The van der Waals surface area contributed by atoms with Gasteiger partial charge in [0.2, 0.25) is 0 Å². The van der Waals surface area contributed by atoms with Crippen molar-refractivity contribution >= 4 is 0 Å². The summed E-state index contributed by atoms with van der Waals surface area (Å²) in [5, 5.41) is 1.99. The Bertz CT molecular complexity index is 285. The van der Waals surface area contributed by atoms with Gasteiger partial charge in [-0.3, -0.25) is 9.82 Å². The molecule has 1 unspecified atom stereocenters. The fraction of sp³-hybridized carbons (Fsp3) is 0.545. The van der Waals surface area contributed by atoms with Crippen LogP contribution in [0.5, 0.6) is 0 Å². The van der Waals surface area contributed by atoms with E-state index in [9.17, 15) is 0 Å². The minimum atomic E-state index is 0.138. The zero-order chi connectivity index (χ0) is 10.5. The van der Waals surface area contributed by atoms with Crippen LogP contribution in [0, 0.1) is 0 Å². The zero-order valence-electron chi connectivity index (χ0n) is 8.80. The van der Waals surface area contributed by atoms with Crippen LogP contribution in [0.1, 0.15) is 24.4 Å². The van der Waals surface area contributed by atoms with Crippen molar-refractivity contribution in [3.05, 3.63) is 30.1 Å². The highest BCUT2D eigenvalue weighted by Gasteiger charge is 2.21. The number of rotatable bonds is 3. The molecule has 0 aromatic carbocycles. The second-order valence-electron chi connectivity index (χ2n) is 3.72. The molecule has 2 N–H and O–H groups in total. The topological polar surface area (TPSA) is 51.4 Å². The molecule has 1 atom stereocenters. The van der Waals surface area contributed by atoms with Crippen molar-refractivity contribution in [1.29, 1.82) is 0 Å². The fourth-order valence-electron chi connectivity index (χ4n) is 1.85. The summed E-state index contributed by atoms with van der Waals surface area (Å²) in [6, 6.07) is 4.11. The Morgan fingerprint density at radius 1 is 1.53 bits per heavy atom. The molecule has 0 bridgehead atoms. The lowest BCUT2D eigenvalue weighted by atomic mass is 10.1. The van der Waals surface area contributed by atoms with E-state index in [-0.39, 0.29) is 6.04 Å². The molecule has 0 saturated carbocycles. The van der Waals surface area contributed by atoms with Crippen molar-refractivity contribution in [2.24, 2.45) is 5.73 Å². The lowest BCUT2D eigenvalue weighted by Crippen LogP contribution is -2.37. The minimum absolute atomic E-state index is 0.138. The quantitative estimate of drug-likeness (QED) is 0.806. The summed E-state index contributed by atoms with van der Waals surface area (Å²) < 4.78 is 0. The SMILES string of the molecule is NCC(c1cccnc1)N1CCCCO1. The van der Waals surface area contributed by atoms with Gasteiger partial charge < -0.3 is 5.73 Å². The van der Waals surface area contributed by atoms with E-state index in [2.05, 4.69) is 4.98 Å². The Hall–Kier alpha value is -0.970. The van der Waals surface area contributed by atoms with Crippen molar-refractivity contribution in [1.82, 2.24) is 10.0 Å². The predicted octanol–water partition coefficient (Wildman–Crippen LogP) is 1.11. The summed E-state index contributed by atoms with van der Waals surface area (Å²) in [5.74, 6) is 0. The van der Waals surface area contributed by atoms with Crippen LogP contribution in [0.4, 0.5) is 0 Å². The zero-order valence-corrected chi connectivity index (χ0v) is 8.80. The van der Waals surface area contributed by atoms with Crippen LogP contribution in [0.2, 0.25) is 0 Å². The number of hydrogen-bond acceptors (Lipinski definition) is 4. The molecule has 0 radical (unpaired) electrons. The normalized spacial score (nSPS) is 20.1. The first-order valence-electron chi connectivity index (χ1n) is 5.41. The molecule has 4 heteroatoms. The predicted molar refractivity (Wildman–Crippen MR) is 57.9 cm³/mol. The van der Waals surface area contributed by atoms with Crippen LogP contribution < -0.4 is 5.73 Å². The molecule has 2 rings (SSSR count). The van der Waals surface area contributed by atoms with E-state index in [0.717, 1.165) is 25.1 Å². The Labute approximate surface area is 90.0 Å². The highest BCUT2D eigenvalue weighted by molar-refractivity contribution is 5.14. The van der Waals surface area contributed by atoms with Gasteiger partial charge in [0.15, 0.2) is 0 Å². The summed E-state index contributed by atoms with van der Waals surface area (Å²) in [5.41, 5.74) is 6.91. The highest BCUT2D eigenvalue weighted by atomic mass is 16.7. The van der Waals surface area contributed by atoms with E-state index >= 15 is 0 Å². The van der Waals surface area contributed by atoms with E-state index < -0.39 is 0 Å². The molecule has 1 aromatic rings. The summed E-state index contributed by atoms with van der Waals surface area (Å²) in [6.07, 6.45) is 5.95. The fourth-order valence-corrected chi connectivity index (χ4v) is 1.85. The molecular weight excluding hydrogens is 190 g/mol. The number of nitrogens with zero attached hydrogens (tertiary/aromatic N) is 2. The van der Waals surface area contributed by atoms with Gasteiger partial charge in [-0.25, -0.2) is 0 Å². The van der Waals surface area contributed by atoms with E-state index in [1.165, 1.54) is 6.42 Å². The lowest BCUT2D eigenvalue weighted by Gasteiger charge is -2.32. The second kappa shape index (κ2) is 5.21. The molecule has 0 amide bonds. The summed E-state index contributed by atoms with van der Waals surface area (Å²) in [4.78, 5) is 9.72. The summed E-state index contributed by atoms with van der Waals surface area (Å²) in [6.45, 7) is 2.32. The highest BCUT2D eigenvalue weighted by Crippen LogP contribution is 2.21. The average Bonchev–Trinajstić information content (AvgIpc) is 2.33. The van der Waals surface area contributed by atoms with Crippen molar-refractivity contribution < 1.29 is 4.84 Å². The summed E-state index contributed by atoms with van der Waals surface area (Å²) >= 11 is 0. The molecule has 1 aliphatic rings. The molecule has 1 saturated heterocycles. The number of aromatic nitrogens is 1. The van der Waals surface area contributed by atoms with Gasteiger partial charge in [-0.05, 0) is 24.5 Å². The minimum Gasteiger partial charge on any atom is -0.329 e. The summed E-state index contributed by atoms with van der Waals surface area (Å²) in [7, 11) is 0. The van der Waals surface area contributed by atoms with Gasteiger partial charge in [-0.15, -0.1) is 0 Å². The smallest absolute Gasteiger partial charge is 0.0739 e. The molecule has 15 heavy (non-hydrogen) atoms. The maximum atomic E-state index is 5.79. The van der Waals surface area contributed by atoms with E-state index in [4.69, 9.17) is 10.6 Å². The van der Waals surface area contributed by atoms with Crippen LogP contribution in [-0.4, -0.2) is 29.7 Å². The first kappa shape index (κ1) is 10.5. The first-order chi connectivity index (χ1) is 7.42. The molecule has 1 aromatic heterocycles. The number of nitrogens with two attached hydrogens (primary N) is 1. The van der Waals surface area contributed by atoms with Gasteiger partial charge in [0, 0.05) is 25.5 Å². The van der Waals surface area contributed by atoms with Gasteiger partial charge in [-0.2, -0.15) is 5.06 Å². The Kier molecular flexibility index (Phi) is 3.66. The number of hydrogen-bond donors (Lipinski definition) is 1. The maximum absolute atomic E-state index is 5.79. The molecular formula is C11H17N3O. The Balaban J connectivity index is 2.09. The van der Waals surface area contributed by atoms with Crippen molar-refractivity contribution in [2.75, 3.05) is 19.7 Å². The molecule has 4 nitrogen and oxygen atoms in total. The molecule has 82 valence electrons. The van der Waals surface area contributed by atoms with Crippen LogP contribution in [0.25, 0.3) is 0 Å². The third kappa shape index (κ3) is 2.53. The maximum Gasteiger partial charge on any atom is 0.0739 e. The monoisotopic (exact) mass is 207 g/mol. The van der Waals surface area contributed by atoms with Crippen molar-refractivity contribution in [3.63, 3.8) is 0 Å². The molecule has 0 spiro atoms. The Morgan fingerprint density at radius 3 is 3.07 bits per heavy atom. The van der Waals surface area contributed by atoms with Crippen LogP contribution >= 0.6 is 0 Å². The molecule has 1 aliphatic heterocycles.